The van der Waals surface area contributed by atoms with Gasteiger partial charge in [0.05, 0.1) is 17.0 Å². The molecule has 2 heterocycles. The number of anilines is 1. The quantitative estimate of drug-likeness (QED) is 0.221. The summed E-state index contributed by atoms with van der Waals surface area (Å²) >= 11 is 7.27. The summed E-state index contributed by atoms with van der Waals surface area (Å²) in [6, 6.07) is 22.9. The standard InChI is InChI=1S/C85H34ClN2/c1-7-9-11-13-15-17-19-21-23-25-26-27-28-29-30-31-32-33-34-35-36-37-38-39-40-41-42-43-45-47-49-51-53-55-61-74-88-80-68-59-57-66-78(80)85(5,6)82(88)72-70-76-64-62-63-75(83(76)86)69-71-81-84(3,4)77-65-56-58-67-79(77)87(81)73-60-54-52-50-48-46-44-24-22-20-18-16-14-12-10-8-2/h2,56-59,65-72H,62-64H2,1,3-6H3/q+1. The minimum atomic E-state index is -0.367. The van der Waals surface area contributed by atoms with E-state index in [1.165, 1.54) is 0 Å². The second-order valence-corrected chi connectivity index (χ2v) is 17.7. The second kappa shape index (κ2) is 38.0. The molecule has 0 spiro atoms. The van der Waals surface area contributed by atoms with E-state index in [1.54, 1.807) is 6.92 Å². The Morgan fingerprint density at radius 1 is 0.420 bits per heavy atom. The molecule has 0 unspecified atom stereocenters. The molecule has 0 saturated carbocycles. The zero-order valence-electron chi connectivity index (χ0n) is 47.9. The summed E-state index contributed by atoms with van der Waals surface area (Å²) in [5.74, 6) is 132. The molecule has 88 heavy (non-hydrogen) atoms. The number of halogens is 1. The summed E-state index contributed by atoms with van der Waals surface area (Å²) in [7, 11) is 0. The number of rotatable bonds is 3. The van der Waals surface area contributed by atoms with Gasteiger partial charge >= 0.3 is 0 Å². The number of terminal acetylenes is 1. The Morgan fingerprint density at radius 3 is 1.23 bits per heavy atom. The lowest BCUT2D eigenvalue weighted by atomic mass is 9.81. The largest absolute Gasteiger partial charge is 0.272 e. The van der Waals surface area contributed by atoms with E-state index in [0.717, 1.165) is 69.4 Å². The fraction of sp³-hybridized carbons (Fsp3) is 0.118. The fourth-order valence-corrected chi connectivity index (χ4v) is 7.85. The Labute approximate surface area is 526 Å². The summed E-state index contributed by atoms with van der Waals surface area (Å²) in [5, 5.41) is 0.722. The van der Waals surface area contributed by atoms with Crippen molar-refractivity contribution < 1.29 is 4.58 Å². The molecular weight excluding hydrogens is 1080 g/mol. The van der Waals surface area contributed by atoms with Crippen LogP contribution in [-0.2, 0) is 10.8 Å². The Morgan fingerprint density at radius 2 is 0.795 bits per heavy atom. The van der Waals surface area contributed by atoms with Gasteiger partial charge in [0.15, 0.2) is 0 Å². The monoisotopic (exact) mass is 1120 g/mol. The van der Waals surface area contributed by atoms with Crippen molar-refractivity contribution >= 4 is 28.7 Å². The first-order chi connectivity index (χ1) is 43.2. The lowest BCUT2D eigenvalue weighted by Gasteiger charge is -2.23. The van der Waals surface area contributed by atoms with Crippen LogP contribution in [0.2, 0.25) is 0 Å². The number of fused-ring (bicyclic) bond motifs is 2. The highest BCUT2D eigenvalue weighted by Crippen LogP contribution is 2.47. The van der Waals surface area contributed by atoms with Crippen LogP contribution in [0.3, 0.4) is 0 Å². The predicted molar refractivity (Wildman–Crippen MR) is 355 cm³/mol. The van der Waals surface area contributed by atoms with Crippen molar-refractivity contribution in [3.05, 3.63) is 106 Å². The first kappa shape index (κ1) is 64.1. The second-order valence-electron chi connectivity index (χ2n) is 17.4. The molecule has 0 N–H and O–H groups in total. The smallest absolute Gasteiger partial charge is 0.243 e. The zero-order chi connectivity index (χ0) is 62.4. The third-order valence-corrected chi connectivity index (χ3v) is 11.7. The topological polar surface area (TPSA) is 6.25 Å². The Hall–Kier alpha value is -14.7. The number of nitrogens with zero attached hydrogens (tertiary/aromatic N) is 2. The third-order valence-electron chi connectivity index (χ3n) is 11.2. The van der Waals surface area contributed by atoms with Crippen LogP contribution >= 0.6 is 11.6 Å². The first-order valence-electron chi connectivity index (χ1n) is 25.8. The molecule has 3 aliphatic rings. The molecule has 3 heteroatoms. The van der Waals surface area contributed by atoms with Gasteiger partial charge < -0.3 is 0 Å². The highest BCUT2D eigenvalue weighted by molar-refractivity contribution is 6.32. The van der Waals surface area contributed by atoms with Crippen LogP contribution in [0.5, 0.6) is 0 Å². The van der Waals surface area contributed by atoms with Gasteiger partial charge in [0.25, 0.3) is 0 Å². The Bertz CT molecular complexity index is 5380. The van der Waals surface area contributed by atoms with E-state index in [2.05, 4.69) is 390 Å². The van der Waals surface area contributed by atoms with Crippen molar-refractivity contribution in [3.8, 4) is 320 Å². The highest BCUT2D eigenvalue weighted by atomic mass is 35.5. The van der Waals surface area contributed by atoms with Crippen LogP contribution < -0.4 is 4.90 Å². The molecule has 1 aliphatic carbocycles. The van der Waals surface area contributed by atoms with Crippen molar-refractivity contribution in [2.75, 3.05) is 4.90 Å². The highest BCUT2D eigenvalue weighted by Gasteiger charge is 2.44. The third kappa shape index (κ3) is 22.1. The molecule has 0 bridgehead atoms. The Balaban J connectivity index is 1.21. The molecule has 0 radical (unpaired) electrons. The van der Waals surface area contributed by atoms with Crippen LogP contribution in [0, 0.1) is 320 Å². The van der Waals surface area contributed by atoms with E-state index in [0.29, 0.717) is 0 Å². The van der Waals surface area contributed by atoms with Crippen molar-refractivity contribution in [1.82, 2.24) is 0 Å². The fourth-order valence-electron chi connectivity index (χ4n) is 7.54. The maximum Gasteiger partial charge on any atom is 0.243 e. The molecule has 0 saturated heterocycles. The van der Waals surface area contributed by atoms with E-state index >= 15 is 0 Å². The number of para-hydroxylation sites is 2. The molecule has 0 atom stereocenters. The van der Waals surface area contributed by atoms with Crippen molar-refractivity contribution in [3.63, 3.8) is 0 Å². The van der Waals surface area contributed by atoms with Gasteiger partial charge in [0.2, 0.25) is 17.4 Å². The molecule has 2 nitrogen and oxygen atoms in total. The van der Waals surface area contributed by atoms with Crippen molar-refractivity contribution in [2.24, 2.45) is 0 Å². The van der Waals surface area contributed by atoms with Gasteiger partial charge in [-0.3, -0.25) is 4.90 Å². The minimum absolute atomic E-state index is 0.358. The average molecular weight is 1120 g/mol. The summed E-state index contributed by atoms with van der Waals surface area (Å²) in [6.07, 6.45) is 16.1. The van der Waals surface area contributed by atoms with Crippen LogP contribution in [0.4, 0.5) is 11.4 Å². The Kier molecular flexibility index (Phi) is 27.7. The lowest BCUT2D eigenvalue weighted by Crippen LogP contribution is -2.26. The molecule has 2 aromatic rings. The van der Waals surface area contributed by atoms with Crippen molar-refractivity contribution in [1.29, 1.82) is 0 Å². The van der Waals surface area contributed by atoms with Crippen LogP contribution in [0.1, 0.15) is 65.0 Å². The van der Waals surface area contributed by atoms with Crippen LogP contribution in [-0.4, -0.2) is 10.3 Å². The summed E-state index contributed by atoms with van der Waals surface area (Å²) in [6.45, 7) is 10.4. The van der Waals surface area contributed by atoms with Gasteiger partial charge in [-0.25, -0.2) is 0 Å². The van der Waals surface area contributed by atoms with Gasteiger partial charge in [0.1, 0.15) is 0 Å². The maximum absolute atomic E-state index is 7.27. The van der Waals surface area contributed by atoms with E-state index in [-0.39, 0.29) is 10.8 Å². The molecule has 0 aromatic heterocycles. The van der Waals surface area contributed by atoms with Crippen molar-refractivity contribution in [2.45, 2.75) is 64.7 Å². The van der Waals surface area contributed by atoms with Crippen LogP contribution in [0.15, 0.2) is 94.7 Å². The molecule has 2 aliphatic heterocycles. The van der Waals surface area contributed by atoms with E-state index in [1.807, 2.05) is 33.7 Å². The summed E-state index contributed by atoms with van der Waals surface area (Å²) in [5.41, 5.74) is 7.59. The van der Waals surface area contributed by atoms with E-state index in [4.69, 9.17) is 18.0 Å². The molecule has 5 rings (SSSR count). The lowest BCUT2D eigenvalue weighted by molar-refractivity contribution is -0.332. The molecule has 2 aromatic carbocycles. The minimum Gasteiger partial charge on any atom is -0.272 e. The van der Waals surface area contributed by atoms with Gasteiger partial charge in [-0.2, -0.15) is 0 Å². The van der Waals surface area contributed by atoms with Gasteiger partial charge in [-0.15, -0.1) is 11.0 Å². The zero-order valence-corrected chi connectivity index (χ0v) is 48.7. The summed E-state index contributed by atoms with van der Waals surface area (Å²) < 4.78 is 1.98. The van der Waals surface area contributed by atoms with Gasteiger partial charge in [-0.05, 0) is 164 Å². The maximum atomic E-state index is 7.27. The molecule has 390 valence electrons. The van der Waals surface area contributed by atoms with E-state index in [9.17, 15) is 0 Å². The normalized spacial score (nSPS) is 11.6. The van der Waals surface area contributed by atoms with Gasteiger partial charge in [0, 0.05) is 235 Å². The number of hydrogen-bond acceptors (Lipinski definition) is 1. The number of hydrogen-bond donors (Lipinski definition) is 0. The molecule has 0 amide bonds. The van der Waals surface area contributed by atoms with E-state index < -0.39 is 0 Å². The molecular formula is C85H34ClN2+. The average Bonchev–Trinajstić information content (AvgIpc) is 1.83. The van der Waals surface area contributed by atoms with Gasteiger partial charge in [-0.1, -0.05) is 79.9 Å². The SMILES string of the molecule is C#CC#CC#CC#CC#CC#CC#CC#CC#CN1C(=CC=C2CCCC(C=CC3=[N+](C#CC#CC#CC#CC#CC#CC#CC#CC#CC#CC#CC#CC#CC#CC#CC#CC#CC#CC)c4ccccc4C3(C)C)=C2Cl)C(C)(C)c2ccccc21. The van der Waals surface area contributed by atoms with Crippen LogP contribution in [0.25, 0.3) is 0 Å². The predicted octanol–water partition coefficient (Wildman–Crippen LogP) is 8.56. The first-order valence-corrected chi connectivity index (χ1v) is 26.1. The molecule has 0 fully saturated rings. The number of benzene rings is 2. The number of allylic oxidation sites excluding steroid dienone is 8. The summed E-state index contributed by atoms with van der Waals surface area (Å²) in [4.78, 5) is 1.99.